The Morgan fingerprint density at radius 3 is 2.47 bits per heavy atom. The number of hydrogen-bond acceptors (Lipinski definition) is 2. The summed E-state index contributed by atoms with van der Waals surface area (Å²) < 4.78 is 14.0. The number of halogens is 1. The van der Waals surface area contributed by atoms with Gasteiger partial charge >= 0.3 is 0 Å². The number of para-hydroxylation sites is 2. The Morgan fingerprint density at radius 1 is 1.00 bits per heavy atom. The van der Waals surface area contributed by atoms with Crippen molar-refractivity contribution in [3.05, 3.63) is 59.9 Å². The zero-order chi connectivity index (χ0) is 13.2. The maximum atomic E-state index is 14.0. The molecule has 1 aliphatic rings. The number of benzodiazepines with no additional fused rings is 1. The second kappa shape index (κ2) is 4.90. The first-order valence-corrected chi connectivity index (χ1v) is 6.34. The Hall–Kier alpha value is -2.07. The van der Waals surface area contributed by atoms with Crippen molar-refractivity contribution in [1.29, 1.82) is 0 Å². The minimum atomic E-state index is -0.290. The molecule has 1 heterocycles. The van der Waals surface area contributed by atoms with E-state index in [1.807, 2.05) is 24.3 Å². The Balaban J connectivity index is 2.20. The molecule has 0 saturated heterocycles. The molecule has 0 bridgehead atoms. The maximum absolute atomic E-state index is 14.0. The summed E-state index contributed by atoms with van der Waals surface area (Å²) >= 11 is 5.38. The largest absolute Gasteiger partial charge is 0.299 e. The third-order valence-electron chi connectivity index (χ3n) is 2.98. The van der Waals surface area contributed by atoms with Crippen LogP contribution in [0.4, 0.5) is 15.8 Å². The first-order valence-electron chi connectivity index (χ1n) is 5.94. The Morgan fingerprint density at radius 2 is 1.68 bits per heavy atom. The van der Waals surface area contributed by atoms with E-state index >= 15 is 0 Å². The predicted molar refractivity (Wildman–Crippen MR) is 80.0 cm³/mol. The highest BCUT2D eigenvalue weighted by atomic mass is 32.1. The van der Waals surface area contributed by atoms with Gasteiger partial charge in [-0.3, -0.25) is 9.89 Å². The average molecular weight is 270 g/mol. The van der Waals surface area contributed by atoms with Crippen LogP contribution >= 0.6 is 12.2 Å². The molecule has 19 heavy (non-hydrogen) atoms. The third-order valence-corrected chi connectivity index (χ3v) is 3.29. The number of aliphatic imine (C=N–C) groups is 1. The van der Waals surface area contributed by atoms with E-state index in [1.165, 1.54) is 6.07 Å². The first-order chi connectivity index (χ1) is 9.27. The monoisotopic (exact) mass is 270 g/mol. The zero-order valence-corrected chi connectivity index (χ0v) is 10.9. The van der Waals surface area contributed by atoms with Crippen LogP contribution < -0.4 is 4.90 Å². The summed E-state index contributed by atoms with van der Waals surface area (Å²) in [7, 11) is 0. The smallest absolute Gasteiger partial charge is 0.147 e. The van der Waals surface area contributed by atoms with E-state index < -0.39 is 0 Å². The van der Waals surface area contributed by atoms with Gasteiger partial charge in [-0.05, 0) is 18.2 Å². The Bertz CT molecular complexity index is 667. The number of thiocarbonyl (C=S) groups is 1. The van der Waals surface area contributed by atoms with Crippen molar-refractivity contribution in [2.45, 2.75) is 0 Å². The number of nitrogens with zero attached hydrogens (tertiary/aromatic N) is 2. The van der Waals surface area contributed by atoms with Gasteiger partial charge < -0.3 is 0 Å². The van der Waals surface area contributed by atoms with Crippen LogP contribution in [0.25, 0.3) is 0 Å². The molecule has 0 spiro atoms. The number of benzene rings is 2. The van der Waals surface area contributed by atoms with Crippen LogP contribution in [-0.4, -0.2) is 17.7 Å². The lowest BCUT2D eigenvalue weighted by atomic mass is 10.1. The second-order valence-electron chi connectivity index (χ2n) is 4.21. The molecule has 2 aromatic carbocycles. The van der Waals surface area contributed by atoms with Gasteiger partial charge in [0.25, 0.3) is 0 Å². The van der Waals surface area contributed by atoms with Crippen molar-refractivity contribution in [1.82, 2.24) is 0 Å². The van der Waals surface area contributed by atoms with E-state index in [0.29, 0.717) is 17.2 Å². The first kappa shape index (κ1) is 12.0. The summed E-state index contributed by atoms with van der Waals surface area (Å²) in [4.78, 5) is 6.61. The predicted octanol–water partition coefficient (Wildman–Crippen LogP) is 3.72. The van der Waals surface area contributed by atoms with Crippen molar-refractivity contribution < 1.29 is 4.39 Å². The molecular formula is C15H11FN2S. The normalized spacial score (nSPS) is 14.2. The summed E-state index contributed by atoms with van der Waals surface area (Å²) in [6, 6.07) is 14.3. The Kier molecular flexibility index (Phi) is 3.09. The number of anilines is 2. The molecule has 0 aromatic heterocycles. The van der Waals surface area contributed by atoms with Gasteiger partial charge in [0.2, 0.25) is 0 Å². The zero-order valence-electron chi connectivity index (χ0n) is 10.1. The Labute approximate surface area is 116 Å². The van der Waals surface area contributed by atoms with Crippen LogP contribution in [0.2, 0.25) is 0 Å². The second-order valence-corrected chi connectivity index (χ2v) is 4.68. The SMILES string of the molecule is Fc1ccccc1N1C(=S)CN=Cc2ccccc21. The molecule has 0 unspecified atom stereocenters. The van der Waals surface area contributed by atoms with Gasteiger partial charge in [-0.2, -0.15) is 0 Å². The van der Waals surface area contributed by atoms with Crippen LogP contribution in [0.3, 0.4) is 0 Å². The lowest BCUT2D eigenvalue weighted by Gasteiger charge is -2.25. The maximum Gasteiger partial charge on any atom is 0.147 e. The molecule has 0 fully saturated rings. The summed E-state index contributed by atoms with van der Waals surface area (Å²) in [5.41, 5.74) is 2.26. The topological polar surface area (TPSA) is 15.6 Å². The van der Waals surface area contributed by atoms with Gasteiger partial charge in [0.1, 0.15) is 10.8 Å². The van der Waals surface area contributed by atoms with Gasteiger partial charge in [0, 0.05) is 11.8 Å². The fourth-order valence-electron chi connectivity index (χ4n) is 2.12. The molecule has 94 valence electrons. The van der Waals surface area contributed by atoms with Gasteiger partial charge in [-0.1, -0.05) is 42.5 Å². The van der Waals surface area contributed by atoms with Crippen LogP contribution in [0.15, 0.2) is 53.5 Å². The summed E-state index contributed by atoms with van der Waals surface area (Å²) in [5.74, 6) is -0.290. The quantitative estimate of drug-likeness (QED) is 0.734. The molecule has 4 heteroatoms. The molecule has 3 rings (SSSR count). The highest BCUT2D eigenvalue weighted by Gasteiger charge is 2.21. The van der Waals surface area contributed by atoms with E-state index in [2.05, 4.69) is 4.99 Å². The van der Waals surface area contributed by atoms with Crippen molar-refractivity contribution in [3.63, 3.8) is 0 Å². The van der Waals surface area contributed by atoms with Crippen molar-refractivity contribution >= 4 is 34.8 Å². The van der Waals surface area contributed by atoms with Crippen LogP contribution in [0.1, 0.15) is 5.56 Å². The minimum Gasteiger partial charge on any atom is -0.299 e. The lowest BCUT2D eigenvalue weighted by molar-refractivity contribution is 0.629. The molecule has 0 amide bonds. The van der Waals surface area contributed by atoms with Gasteiger partial charge in [0.15, 0.2) is 0 Å². The van der Waals surface area contributed by atoms with Gasteiger partial charge in [-0.15, -0.1) is 0 Å². The third kappa shape index (κ3) is 2.15. The van der Waals surface area contributed by atoms with Crippen LogP contribution in [0, 0.1) is 5.82 Å². The molecule has 0 aliphatic carbocycles. The fraction of sp³-hybridized carbons (Fsp3) is 0.0667. The van der Waals surface area contributed by atoms with Crippen LogP contribution in [-0.2, 0) is 0 Å². The summed E-state index contributed by atoms with van der Waals surface area (Å²) in [6.45, 7) is 0.387. The van der Waals surface area contributed by atoms with Crippen LogP contribution in [0.5, 0.6) is 0 Å². The molecule has 0 radical (unpaired) electrons. The van der Waals surface area contributed by atoms with E-state index in [9.17, 15) is 4.39 Å². The molecule has 0 N–H and O–H groups in total. The number of hydrogen-bond donors (Lipinski definition) is 0. The van der Waals surface area contributed by atoms with Gasteiger partial charge in [-0.25, -0.2) is 4.39 Å². The van der Waals surface area contributed by atoms with E-state index in [1.54, 1.807) is 29.3 Å². The highest BCUT2D eigenvalue weighted by molar-refractivity contribution is 7.80. The molecule has 2 aromatic rings. The highest BCUT2D eigenvalue weighted by Crippen LogP contribution is 2.31. The molecular weight excluding hydrogens is 259 g/mol. The molecule has 0 saturated carbocycles. The fourth-order valence-corrected chi connectivity index (χ4v) is 2.40. The van der Waals surface area contributed by atoms with Crippen molar-refractivity contribution in [2.24, 2.45) is 4.99 Å². The number of fused-ring (bicyclic) bond motifs is 1. The lowest BCUT2D eigenvalue weighted by Crippen LogP contribution is -2.26. The van der Waals surface area contributed by atoms with E-state index in [-0.39, 0.29) is 5.82 Å². The minimum absolute atomic E-state index is 0.290. The van der Waals surface area contributed by atoms with E-state index in [4.69, 9.17) is 12.2 Å². The van der Waals surface area contributed by atoms with Crippen molar-refractivity contribution in [2.75, 3.05) is 11.4 Å². The van der Waals surface area contributed by atoms with E-state index in [0.717, 1.165) is 11.3 Å². The molecule has 0 atom stereocenters. The molecule has 1 aliphatic heterocycles. The summed E-state index contributed by atoms with van der Waals surface area (Å²) in [6.07, 6.45) is 1.78. The standard InChI is InChI=1S/C15H11FN2S/c16-12-6-2-4-8-14(12)18-13-7-3-1-5-11(13)9-17-10-15(18)19/h1-9H,10H2. The van der Waals surface area contributed by atoms with Gasteiger partial charge in [0.05, 0.1) is 17.9 Å². The molecule has 2 nitrogen and oxygen atoms in total. The van der Waals surface area contributed by atoms with Crippen molar-refractivity contribution in [3.8, 4) is 0 Å². The summed E-state index contributed by atoms with van der Waals surface area (Å²) in [5, 5.41) is 0. The number of rotatable bonds is 1. The average Bonchev–Trinajstić information content (AvgIpc) is 2.58.